The number of methoxy groups -OCH3 is 1. The molecule has 0 fully saturated rings. The number of aliphatic hydroxyl groups is 1. The number of carbonyl (C=O) groups excluding carboxylic acids is 2. The van der Waals surface area contributed by atoms with Gasteiger partial charge in [0.25, 0.3) is 5.91 Å². The van der Waals surface area contributed by atoms with E-state index in [4.69, 9.17) is 9.47 Å². The molecule has 0 saturated carbocycles. The Kier molecular flexibility index (Phi) is 8.09. The number of nitrogens with zero attached hydrogens (tertiary/aromatic N) is 1. The van der Waals surface area contributed by atoms with Crippen molar-refractivity contribution in [2.24, 2.45) is 5.92 Å². The summed E-state index contributed by atoms with van der Waals surface area (Å²) in [5.41, 5.74) is 0.0762. The molecule has 1 amide bonds. The highest BCUT2D eigenvalue weighted by atomic mass is 16.6. The first-order valence-electron chi connectivity index (χ1n) is 9.87. The number of aliphatic hydroxyl groups excluding tert-OH is 1. The van der Waals surface area contributed by atoms with Crippen molar-refractivity contribution >= 4 is 17.4 Å². The highest BCUT2D eigenvalue weighted by molar-refractivity contribution is 5.95. The fourth-order valence-corrected chi connectivity index (χ4v) is 2.84. The molecule has 0 aliphatic carbocycles. The number of ketones is 1. The SMILES string of the molecule is CCNC(=O)c1ccc(Oc2ccc(C(O)C(=O)C(C)CC)cc2OC)c([N+](=O)[O-])c1. The van der Waals surface area contributed by atoms with E-state index in [2.05, 4.69) is 5.32 Å². The number of amides is 1. The number of carbonyl (C=O) groups is 2. The third-order valence-corrected chi connectivity index (χ3v) is 4.85. The van der Waals surface area contributed by atoms with E-state index < -0.39 is 16.9 Å². The van der Waals surface area contributed by atoms with Crippen LogP contribution in [0, 0.1) is 16.0 Å². The molecule has 0 saturated heterocycles. The van der Waals surface area contributed by atoms with Gasteiger partial charge in [-0.25, -0.2) is 0 Å². The molecule has 2 atom stereocenters. The van der Waals surface area contributed by atoms with Gasteiger partial charge in [-0.2, -0.15) is 0 Å². The maximum atomic E-state index is 12.3. The largest absolute Gasteiger partial charge is 0.493 e. The summed E-state index contributed by atoms with van der Waals surface area (Å²) >= 11 is 0. The van der Waals surface area contributed by atoms with Gasteiger partial charge in [0.1, 0.15) is 6.10 Å². The first-order valence-corrected chi connectivity index (χ1v) is 9.87. The van der Waals surface area contributed by atoms with Gasteiger partial charge in [-0.15, -0.1) is 0 Å². The summed E-state index contributed by atoms with van der Waals surface area (Å²) < 4.78 is 11.0. The van der Waals surface area contributed by atoms with Gasteiger partial charge in [0.2, 0.25) is 5.75 Å². The van der Waals surface area contributed by atoms with Gasteiger partial charge in [-0.3, -0.25) is 19.7 Å². The lowest BCUT2D eigenvalue weighted by Crippen LogP contribution is -2.22. The standard InChI is InChI=1S/C22H26N2O7/c1-5-13(3)20(25)21(26)14-7-10-18(19(12-14)30-4)31-17-9-8-15(22(27)23-6-2)11-16(17)24(28)29/h7-13,21,26H,5-6H2,1-4H3,(H,23,27). The molecule has 0 radical (unpaired) electrons. The molecular formula is C22H26N2O7. The number of Topliss-reactive ketones (excluding diaryl/α,β-unsaturated/α-hetero) is 1. The van der Waals surface area contributed by atoms with Gasteiger partial charge >= 0.3 is 5.69 Å². The van der Waals surface area contributed by atoms with E-state index in [9.17, 15) is 24.8 Å². The van der Waals surface area contributed by atoms with Crippen LogP contribution in [0.1, 0.15) is 49.2 Å². The van der Waals surface area contributed by atoms with Gasteiger partial charge in [-0.05, 0) is 43.2 Å². The summed E-state index contributed by atoms with van der Waals surface area (Å²) in [5, 5.41) is 24.4. The van der Waals surface area contributed by atoms with Crippen LogP contribution in [-0.4, -0.2) is 35.4 Å². The molecule has 2 aromatic rings. The molecule has 2 aromatic carbocycles. The van der Waals surface area contributed by atoms with Crippen LogP contribution in [0.4, 0.5) is 5.69 Å². The first-order chi connectivity index (χ1) is 14.7. The van der Waals surface area contributed by atoms with Crippen LogP contribution in [0.3, 0.4) is 0 Å². The van der Waals surface area contributed by atoms with Crippen LogP contribution in [-0.2, 0) is 4.79 Å². The lowest BCUT2D eigenvalue weighted by atomic mass is 9.94. The summed E-state index contributed by atoms with van der Waals surface area (Å²) in [7, 11) is 1.38. The minimum absolute atomic E-state index is 0.0830. The molecule has 166 valence electrons. The van der Waals surface area contributed by atoms with Crippen molar-refractivity contribution in [2.75, 3.05) is 13.7 Å². The number of ether oxygens (including phenoxy) is 2. The Balaban J connectivity index is 2.37. The Bertz CT molecular complexity index is 974. The molecule has 0 spiro atoms. The van der Waals surface area contributed by atoms with Crippen molar-refractivity contribution in [3.05, 3.63) is 57.6 Å². The van der Waals surface area contributed by atoms with Crippen molar-refractivity contribution in [1.29, 1.82) is 0 Å². The van der Waals surface area contributed by atoms with Crippen LogP contribution in [0.5, 0.6) is 17.2 Å². The molecular weight excluding hydrogens is 404 g/mol. The average molecular weight is 430 g/mol. The maximum Gasteiger partial charge on any atom is 0.312 e. The number of hydrogen-bond donors (Lipinski definition) is 2. The van der Waals surface area contributed by atoms with Crippen molar-refractivity contribution < 1.29 is 29.1 Å². The zero-order valence-electron chi connectivity index (χ0n) is 17.9. The third kappa shape index (κ3) is 5.58. The Labute approximate surface area is 180 Å². The smallest absolute Gasteiger partial charge is 0.312 e. The maximum absolute atomic E-state index is 12.3. The molecule has 9 heteroatoms. The lowest BCUT2D eigenvalue weighted by molar-refractivity contribution is -0.385. The highest BCUT2D eigenvalue weighted by Gasteiger charge is 2.24. The number of rotatable bonds is 10. The fourth-order valence-electron chi connectivity index (χ4n) is 2.84. The van der Waals surface area contributed by atoms with Crippen LogP contribution in [0.15, 0.2) is 36.4 Å². The molecule has 2 N–H and O–H groups in total. The van der Waals surface area contributed by atoms with Gasteiger partial charge in [0.05, 0.1) is 12.0 Å². The van der Waals surface area contributed by atoms with E-state index >= 15 is 0 Å². The predicted octanol–water partition coefficient (Wildman–Crippen LogP) is 3.79. The summed E-state index contributed by atoms with van der Waals surface area (Å²) in [5.74, 6) is -0.781. The third-order valence-electron chi connectivity index (χ3n) is 4.85. The molecule has 31 heavy (non-hydrogen) atoms. The van der Waals surface area contributed by atoms with Crippen molar-refractivity contribution in [3.8, 4) is 17.2 Å². The Morgan fingerprint density at radius 2 is 1.81 bits per heavy atom. The number of nitrogens with one attached hydrogen (secondary N) is 1. The fraction of sp³-hybridized carbons (Fsp3) is 0.364. The normalized spacial score (nSPS) is 12.5. The Hall–Kier alpha value is -3.46. The van der Waals surface area contributed by atoms with Gasteiger partial charge in [0.15, 0.2) is 17.3 Å². The summed E-state index contributed by atoms with van der Waals surface area (Å²) in [6.07, 6.45) is -0.715. The second kappa shape index (κ2) is 10.5. The minimum atomic E-state index is -1.32. The summed E-state index contributed by atoms with van der Waals surface area (Å²) in [6, 6.07) is 8.30. The van der Waals surface area contributed by atoms with Crippen molar-refractivity contribution in [2.45, 2.75) is 33.3 Å². The van der Waals surface area contributed by atoms with Crippen LogP contribution in [0.25, 0.3) is 0 Å². The molecule has 9 nitrogen and oxygen atoms in total. The molecule has 0 bridgehead atoms. The minimum Gasteiger partial charge on any atom is -0.493 e. The van der Waals surface area contributed by atoms with Crippen molar-refractivity contribution in [3.63, 3.8) is 0 Å². The summed E-state index contributed by atoms with van der Waals surface area (Å²) in [6.45, 7) is 5.73. The summed E-state index contributed by atoms with van der Waals surface area (Å²) in [4.78, 5) is 35.1. The predicted molar refractivity (Wildman–Crippen MR) is 114 cm³/mol. The Morgan fingerprint density at radius 1 is 1.13 bits per heavy atom. The van der Waals surface area contributed by atoms with Crippen molar-refractivity contribution in [1.82, 2.24) is 5.32 Å². The second-order valence-corrected chi connectivity index (χ2v) is 6.93. The molecule has 2 rings (SSSR count). The zero-order valence-corrected chi connectivity index (χ0v) is 17.9. The highest BCUT2D eigenvalue weighted by Crippen LogP contribution is 2.38. The van der Waals surface area contributed by atoms with E-state index in [1.807, 2.05) is 6.92 Å². The zero-order chi connectivity index (χ0) is 23.1. The van der Waals surface area contributed by atoms with E-state index in [0.717, 1.165) is 6.07 Å². The van der Waals surface area contributed by atoms with Crippen LogP contribution >= 0.6 is 0 Å². The number of hydrogen-bond acceptors (Lipinski definition) is 7. The molecule has 0 heterocycles. The molecule has 0 aromatic heterocycles. The van der Waals surface area contributed by atoms with Gasteiger partial charge < -0.3 is 19.9 Å². The quantitative estimate of drug-likeness (QED) is 0.433. The topological polar surface area (TPSA) is 128 Å². The van der Waals surface area contributed by atoms with Crippen LogP contribution in [0.2, 0.25) is 0 Å². The van der Waals surface area contributed by atoms with Gasteiger partial charge in [-0.1, -0.05) is 19.9 Å². The van der Waals surface area contributed by atoms with E-state index in [-0.39, 0.29) is 40.2 Å². The second-order valence-electron chi connectivity index (χ2n) is 6.93. The average Bonchev–Trinajstić information content (AvgIpc) is 2.77. The first kappa shape index (κ1) is 23.8. The van der Waals surface area contributed by atoms with E-state index in [1.54, 1.807) is 13.8 Å². The number of nitro benzene ring substituents is 1. The molecule has 0 aliphatic rings. The van der Waals surface area contributed by atoms with Crippen LogP contribution < -0.4 is 14.8 Å². The molecule has 2 unspecified atom stereocenters. The molecule has 0 aliphatic heterocycles. The van der Waals surface area contributed by atoms with Gasteiger partial charge in [0, 0.05) is 24.1 Å². The van der Waals surface area contributed by atoms with E-state index in [1.165, 1.54) is 37.4 Å². The Morgan fingerprint density at radius 3 is 2.39 bits per heavy atom. The van der Waals surface area contributed by atoms with E-state index in [0.29, 0.717) is 18.5 Å². The lowest BCUT2D eigenvalue weighted by Gasteiger charge is -2.17. The monoisotopic (exact) mass is 430 g/mol. The number of benzene rings is 2. The number of nitro groups is 1.